The van der Waals surface area contributed by atoms with Crippen LogP contribution in [-0.2, 0) is 11.0 Å². The lowest BCUT2D eigenvalue weighted by atomic mass is 10.0. The highest BCUT2D eigenvalue weighted by Gasteiger charge is 2.49. The number of hydrogen-bond acceptors (Lipinski definition) is 2. The Kier molecular flexibility index (Phi) is 5.00. The van der Waals surface area contributed by atoms with Crippen LogP contribution < -0.4 is 4.90 Å². The molecule has 0 aromatic heterocycles. The Bertz CT molecular complexity index is 878. The molecule has 7 heteroatoms. The fraction of sp³-hybridized carbons (Fsp3) is 0.381. The Morgan fingerprint density at radius 2 is 1.71 bits per heavy atom. The van der Waals surface area contributed by atoms with Gasteiger partial charge in [0.2, 0.25) is 5.91 Å². The standard InChI is InChI=1S/C21H20ClF3N2O/c22-14-4-3-5-15(12-14)26-8-10-27(11-9-26)20(28)18-13-17(18)16-6-1-2-7-19(16)21(23,24)25/h1-7,12,17-18H,8-11,13H2. The number of amides is 1. The molecule has 2 aliphatic rings. The summed E-state index contributed by atoms with van der Waals surface area (Å²) >= 11 is 6.04. The van der Waals surface area contributed by atoms with Crippen LogP contribution >= 0.6 is 11.6 Å². The molecular formula is C21H20ClF3N2O. The average molecular weight is 409 g/mol. The van der Waals surface area contributed by atoms with Gasteiger partial charge in [-0.15, -0.1) is 0 Å². The Morgan fingerprint density at radius 1 is 1.00 bits per heavy atom. The number of carbonyl (C=O) groups is 1. The van der Waals surface area contributed by atoms with E-state index in [9.17, 15) is 18.0 Å². The van der Waals surface area contributed by atoms with Crippen LogP contribution in [0.5, 0.6) is 0 Å². The van der Waals surface area contributed by atoms with Gasteiger partial charge in [0.15, 0.2) is 0 Å². The molecule has 1 heterocycles. The first kappa shape index (κ1) is 19.1. The van der Waals surface area contributed by atoms with E-state index in [1.165, 1.54) is 12.1 Å². The smallest absolute Gasteiger partial charge is 0.368 e. The van der Waals surface area contributed by atoms with Gasteiger partial charge in [-0.1, -0.05) is 35.9 Å². The SMILES string of the molecule is O=C(C1CC1c1ccccc1C(F)(F)F)N1CCN(c2cccc(Cl)c2)CC1. The molecule has 0 N–H and O–H groups in total. The van der Waals surface area contributed by atoms with E-state index in [1.807, 2.05) is 24.3 Å². The number of nitrogens with zero attached hydrogens (tertiary/aromatic N) is 2. The summed E-state index contributed by atoms with van der Waals surface area (Å²) in [6, 6.07) is 13.2. The monoisotopic (exact) mass is 408 g/mol. The lowest BCUT2D eigenvalue weighted by Crippen LogP contribution is -2.49. The molecule has 148 valence electrons. The summed E-state index contributed by atoms with van der Waals surface area (Å²) in [6.45, 7) is 2.50. The molecule has 2 aromatic rings. The molecule has 1 saturated heterocycles. The molecule has 0 spiro atoms. The van der Waals surface area contributed by atoms with Gasteiger partial charge in [0, 0.05) is 42.8 Å². The molecule has 4 rings (SSSR count). The summed E-state index contributed by atoms with van der Waals surface area (Å²) in [5, 5.41) is 0.667. The van der Waals surface area contributed by atoms with Gasteiger partial charge in [-0.05, 0) is 42.2 Å². The molecule has 2 fully saturated rings. The fourth-order valence-electron chi connectivity index (χ4n) is 3.98. The van der Waals surface area contributed by atoms with E-state index >= 15 is 0 Å². The minimum Gasteiger partial charge on any atom is -0.368 e. The summed E-state index contributed by atoms with van der Waals surface area (Å²) in [5.41, 5.74) is 0.634. The van der Waals surface area contributed by atoms with Crippen LogP contribution in [0.2, 0.25) is 5.02 Å². The second-order valence-electron chi connectivity index (χ2n) is 7.33. The highest BCUT2D eigenvalue weighted by Crippen LogP contribution is 2.51. The van der Waals surface area contributed by atoms with Crippen LogP contribution in [0.3, 0.4) is 0 Å². The molecule has 1 saturated carbocycles. The molecule has 0 bridgehead atoms. The van der Waals surface area contributed by atoms with E-state index in [-0.39, 0.29) is 23.3 Å². The zero-order valence-electron chi connectivity index (χ0n) is 15.1. The lowest BCUT2D eigenvalue weighted by molar-refractivity contribution is -0.138. The Morgan fingerprint density at radius 3 is 2.39 bits per heavy atom. The van der Waals surface area contributed by atoms with Gasteiger partial charge in [-0.2, -0.15) is 13.2 Å². The number of alkyl halides is 3. The maximum absolute atomic E-state index is 13.2. The van der Waals surface area contributed by atoms with E-state index in [4.69, 9.17) is 11.6 Å². The maximum atomic E-state index is 13.2. The minimum absolute atomic E-state index is 0.0345. The first-order valence-corrected chi connectivity index (χ1v) is 9.68. The van der Waals surface area contributed by atoms with Crippen molar-refractivity contribution in [1.29, 1.82) is 0 Å². The van der Waals surface area contributed by atoms with Crippen molar-refractivity contribution in [3.05, 3.63) is 64.7 Å². The second kappa shape index (κ2) is 7.32. The minimum atomic E-state index is -4.39. The third-order valence-electron chi connectivity index (χ3n) is 5.54. The normalized spacial score (nSPS) is 22.3. The first-order valence-electron chi connectivity index (χ1n) is 9.30. The quantitative estimate of drug-likeness (QED) is 0.727. The van der Waals surface area contributed by atoms with Crippen LogP contribution in [0, 0.1) is 5.92 Å². The van der Waals surface area contributed by atoms with Crippen LogP contribution in [0.1, 0.15) is 23.5 Å². The molecular weight excluding hydrogens is 389 g/mol. The Hall–Kier alpha value is -2.21. The van der Waals surface area contributed by atoms with E-state index in [0.717, 1.165) is 11.8 Å². The van der Waals surface area contributed by atoms with Crippen molar-refractivity contribution in [1.82, 2.24) is 4.90 Å². The number of halogens is 4. The molecule has 1 aliphatic carbocycles. The molecule has 2 unspecified atom stereocenters. The van der Waals surface area contributed by atoms with Crippen molar-refractivity contribution < 1.29 is 18.0 Å². The van der Waals surface area contributed by atoms with Crippen LogP contribution in [0.15, 0.2) is 48.5 Å². The maximum Gasteiger partial charge on any atom is 0.416 e. The molecule has 3 nitrogen and oxygen atoms in total. The predicted octanol–water partition coefficient (Wildman–Crippen LogP) is 4.81. The van der Waals surface area contributed by atoms with Crippen molar-refractivity contribution in [2.75, 3.05) is 31.1 Å². The number of benzene rings is 2. The summed E-state index contributed by atoms with van der Waals surface area (Å²) in [5.74, 6) is -0.717. The van der Waals surface area contributed by atoms with Crippen LogP contribution in [0.4, 0.5) is 18.9 Å². The molecule has 28 heavy (non-hydrogen) atoms. The molecule has 0 radical (unpaired) electrons. The lowest BCUT2D eigenvalue weighted by Gasteiger charge is -2.36. The molecule has 2 atom stereocenters. The number of carbonyl (C=O) groups excluding carboxylic acids is 1. The zero-order valence-corrected chi connectivity index (χ0v) is 15.9. The number of anilines is 1. The van der Waals surface area contributed by atoms with Crippen LogP contribution in [0.25, 0.3) is 0 Å². The average Bonchev–Trinajstić information content (AvgIpc) is 3.48. The van der Waals surface area contributed by atoms with Gasteiger partial charge in [-0.25, -0.2) is 0 Å². The van der Waals surface area contributed by atoms with Crippen molar-refractivity contribution in [3.63, 3.8) is 0 Å². The summed E-state index contributed by atoms with van der Waals surface area (Å²) in [6.07, 6.45) is -3.91. The van der Waals surface area contributed by atoms with Gasteiger partial charge in [0.1, 0.15) is 0 Å². The molecule has 1 aliphatic heterocycles. The number of rotatable bonds is 3. The number of piperazine rings is 1. The van der Waals surface area contributed by atoms with Gasteiger partial charge in [-0.3, -0.25) is 4.79 Å². The van der Waals surface area contributed by atoms with E-state index in [1.54, 1.807) is 11.0 Å². The highest BCUT2D eigenvalue weighted by atomic mass is 35.5. The van der Waals surface area contributed by atoms with Gasteiger partial charge in [0.25, 0.3) is 0 Å². The summed E-state index contributed by atoms with van der Waals surface area (Å²) < 4.78 is 39.7. The fourth-order valence-corrected chi connectivity index (χ4v) is 4.17. The van der Waals surface area contributed by atoms with Crippen molar-refractivity contribution in [3.8, 4) is 0 Å². The third kappa shape index (κ3) is 3.83. The van der Waals surface area contributed by atoms with E-state index < -0.39 is 11.7 Å². The van der Waals surface area contributed by atoms with E-state index in [0.29, 0.717) is 37.6 Å². The topological polar surface area (TPSA) is 23.6 Å². The van der Waals surface area contributed by atoms with Crippen molar-refractivity contribution in [2.45, 2.75) is 18.5 Å². The molecule has 2 aromatic carbocycles. The zero-order chi connectivity index (χ0) is 19.9. The summed E-state index contributed by atoms with van der Waals surface area (Å²) in [7, 11) is 0. The second-order valence-corrected chi connectivity index (χ2v) is 7.76. The number of hydrogen-bond donors (Lipinski definition) is 0. The molecule has 1 amide bonds. The van der Waals surface area contributed by atoms with Crippen molar-refractivity contribution in [2.24, 2.45) is 5.92 Å². The predicted molar refractivity (Wildman–Crippen MR) is 103 cm³/mol. The largest absolute Gasteiger partial charge is 0.416 e. The Balaban J connectivity index is 1.39. The van der Waals surface area contributed by atoms with Crippen molar-refractivity contribution >= 4 is 23.2 Å². The van der Waals surface area contributed by atoms with Gasteiger partial charge < -0.3 is 9.80 Å². The van der Waals surface area contributed by atoms with Gasteiger partial charge >= 0.3 is 6.18 Å². The third-order valence-corrected chi connectivity index (χ3v) is 5.77. The van der Waals surface area contributed by atoms with E-state index in [2.05, 4.69) is 4.90 Å². The highest BCUT2D eigenvalue weighted by molar-refractivity contribution is 6.30. The first-order chi connectivity index (χ1) is 13.3. The Labute approximate surface area is 166 Å². The summed E-state index contributed by atoms with van der Waals surface area (Å²) in [4.78, 5) is 16.8. The van der Waals surface area contributed by atoms with Crippen LogP contribution in [-0.4, -0.2) is 37.0 Å². The van der Waals surface area contributed by atoms with Gasteiger partial charge in [0.05, 0.1) is 5.56 Å².